The van der Waals surface area contributed by atoms with E-state index in [4.69, 9.17) is 9.47 Å². The minimum Gasteiger partial charge on any atom is -0.490 e. The number of hydrogen-bond donors (Lipinski definition) is 2. The van der Waals surface area contributed by atoms with Crippen LogP contribution in [0.15, 0.2) is 40.9 Å². The predicted octanol–water partition coefficient (Wildman–Crippen LogP) is 4.11. The molecule has 0 spiro atoms. The first-order valence-electron chi connectivity index (χ1n) is 9.70. The predicted molar refractivity (Wildman–Crippen MR) is 118 cm³/mol. The summed E-state index contributed by atoms with van der Waals surface area (Å²) in [4.78, 5) is 24.5. The van der Waals surface area contributed by atoms with E-state index in [1.54, 1.807) is 12.1 Å². The second kappa shape index (κ2) is 11.5. The van der Waals surface area contributed by atoms with Crippen molar-refractivity contribution in [2.24, 2.45) is 0 Å². The van der Waals surface area contributed by atoms with Gasteiger partial charge >= 0.3 is 0 Å². The van der Waals surface area contributed by atoms with E-state index < -0.39 is 0 Å². The molecule has 156 valence electrons. The summed E-state index contributed by atoms with van der Waals surface area (Å²) in [7, 11) is 0. The van der Waals surface area contributed by atoms with Crippen LogP contribution in [0.3, 0.4) is 0 Å². The van der Waals surface area contributed by atoms with Crippen molar-refractivity contribution >= 4 is 33.4 Å². The highest BCUT2D eigenvalue weighted by Crippen LogP contribution is 2.34. The summed E-state index contributed by atoms with van der Waals surface area (Å²) >= 11 is 3.48. The number of rotatable bonds is 10. The van der Waals surface area contributed by atoms with E-state index in [1.165, 1.54) is 0 Å². The molecule has 0 unspecified atom stereocenters. The van der Waals surface area contributed by atoms with Crippen molar-refractivity contribution in [3.05, 3.63) is 52.0 Å². The van der Waals surface area contributed by atoms with E-state index in [1.807, 2.05) is 45.0 Å². The molecule has 0 aromatic heterocycles. The number of anilines is 1. The number of para-hydroxylation sites is 1. The Balaban J connectivity index is 1.96. The zero-order valence-corrected chi connectivity index (χ0v) is 18.6. The molecule has 2 aromatic rings. The number of carbonyl (C=O) groups is 2. The van der Waals surface area contributed by atoms with Gasteiger partial charge in [0.25, 0.3) is 0 Å². The van der Waals surface area contributed by atoms with Crippen molar-refractivity contribution in [3.63, 3.8) is 0 Å². The Morgan fingerprint density at radius 3 is 2.24 bits per heavy atom. The number of benzene rings is 2. The van der Waals surface area contributed by atoms with Crippen LogP contribution in [-0.2, 0) is 22.4 Å². The van der Waals surface area contributed by atoms with Crippen molar-refractivity contribution in [2.75, 3.05) is 25.1 Å². The van der Waals surface area contributed by atoms with Gasteiger partial charge in [0.1, 0.15) is 0 Å². The summed E-state index contributed by atoms with van der Waals surface area (Å²) < 4.78 is 11.9. The summed E-state index contributed by atoms with van der Waals surface area (Å²) in [6, 6.07) is 11.2. The molecule has 2 aromatic carbocycles. The normalized spacial score (nSPS) is 10.3. The van der Waals surface area contributed by atoms with Crippen LogP contribution in [0.25, 0.3) is 0 Å². The molecule has 0 fully saturated rings. The third-order valence-electron chi connectivity index (χ3n) is 4.18. The fourth-order valence-electron chi connectivity index (χ4n) is 2.81. The lowest BCUT2D eigenvalue weighted by atomic mass is 10.1. The van der Waals surface area contributed by atoms with Gasteiger partial charge in [-0.1, -0.05) is 41.1 Å². The summed E-state index contributed by atoms with van der Waals surface area (Å²) in [5, 5.41) is 5.50. The standard InChI is InChI=1S/C22H27BrN2O4/c1-4-15-9-7-8-10-18(15)25-22(27)14-24-21(26)12-16-11-19(28-5-2)20(29-6-3)13-17(16)23/h7-11,13H,4-6,12,14H2,1-3H3,(H,24,26)(H,25,27). The Morgan fingerprint density at radius 2 is 1.59 bits per heavy atom. The Morgan fingerprint density at radius 1 is 0.931 bits per heavy atom. The fraction of sp³-hybridized carbons (Fsp3) is 0.364. The maximum Gasteiger partial charge on any atom is 0.243 e. The van der Waals surface area contributed by atoms with E-state index in [0.717, 1.165) is 27.7 Å². The highest BCUT2D eigenvalue weighted by molar-refractivity contribution is 9.10. The van der Waals surface area contributed by atoms with Gasteiger partial charge in [-0.15, -0.1) is 0 Å². The monoisotopic (exact) mass is 462 g/mol. The van der Waals surface area contributed by atoms with E-state index >= 15 is 0 Å². The fourth-order valence-corrected chi connectivity index (χ4v) is 3.27. The maximum atomic E-state index is 12.3. The van der Waals surface area contributed by atoms with Crippen LogP contribution < -0.4 is 20.1 Å². The molecular weight excluding hydrogens is 436 g/mol. The van der Waals surface area contributed by atoms with Gasteiger partial charge in [-0.05, 0) is 49.6 Å². The molecule has 0 aliphatic rings. The van der Waals surface area contributed by atoms with E-state index in [9.17, 15) is 9.59 Å². The van der Waals surface area contributed by atoms with Gasteiger partial charge in [-0.2, -0.15) is 0 Å². The molecular formula is C22H27BrN2O4. The Hall–Kier alpha value is -2.54. The average molecular weight is 463 g/mol. The SMILES string of the molecule is CCOc1cc(Br)c(CC(=O)NCC(=O)Nc2ccccc2CC)cc1OCC. The van der Waals surface area contributed by atoms with Gasteiger partial charge in [-0.25, -0.2) is 0 Å². The van der Waals surface area contributed by atoms with Crippen LogP contribution in [0.2, 0.25) is 0 Å². The maximum absolute atomic E-state index is 12.3. The van der Waals surface area contributed by atoms with E-state index in [-0.39, 0.29) is 24.8 Å². The van der Waals surface area contributed by atoms with Crippen molar-refractivity contribution < 1.29 is 19.1 Å². The van der Waals surface area contributed by atoms with Crippen LogP contribution in [0, 0.1) is 0 Å². The van der Waals surface area contributed by atoms with Gasteiger partial charge in [-0.3, -0.25) is 9.59 Å². The number of carbonyl (C=O) groups excluding carboxylic acids is 2. The summed E-state index contributed by atoms with van der Waals surface area (Å²) in [5.74, 6) is 0.699. The molecule has 7 heteroatoms. The van der Waals surface area contributed by atoms with E-state index in [2.05, 4.69) is 26.6 Å². The lowest BCUT2D eigenvalue weighted by molar-refractivity contribution is -0.123. The third-order valence-corrected chi connectivity index (χ3v) is 4.92. The minimum atomic E-state index is -0.264. The largest absolute Gasteiger partial charge is 0.490 e. The Kier molecular flexibility index (Phi) is 8.99. The molecule has 29 heavy (non-hydrogen) atoms. The Bertz CT molecular complexity index is 855. The molecule has 0 saturated heterocycles. The number of amides is 2. The molecule has 0 saturated carbocycles. The van der Waals surface area contributed by atoms with Crippen LogP contribution >= 0.6 is 15.9 Å². The molecule has 2 N–H and O–H groups in total. The first-order valence-corrected chi connectivity index (χ1v) is 10.5. The van der Waals surface area contributed by atoms with Crippen LogP contribution in [0.5, 0.6) is 11.5 Å². The quantitative estimate of drug-likeness (QED) is 0.556. The molecule has 2 rings (SSSR count). The van der Waals surface area contributed by atoms with Crippen molar-refractivity contribution in [1.82, 2.24) is 5.32 Å². The van der Waals surface area contributed by atoms with Crippen molar-refractivity contribution in [1.29, 1.82) is 0 Å². The number of hydrogen-bond acceptors (Lipinski definition) is 4. The van der Waals surface area contributed by atoms with Crippen molar-refractivity contribution in [3.8, 4) is 11.5 Å². The molecule has 0 radical (unpaired) electrons. The average Bonchev–Trinajstić information content (AvgIpc) is 2.70. The topological polar surface area (TPSA) is 76.7 Å². The van der Waals surface area contributed by atoms with Crippen LogP contribution in [-0.4, -0.2) is 31.6 Å². The van der Waals surface area contributed by atoms with Gasteiger partial charge in [0.15, 0.2) is 11.5 Å². The van der Waals surface area contributed by atoms with Crippen LogP contribution in [0.4, 0.5) is 5.69 Å². The summed E-state index contributed by atoms with van der Waals surface area (Å²) in [6.45, 7) is 6.73. The number of nitrogens with one attached hydrogen (secondary N) is 2. The first-order chi connectivity index (χ1) is 14.0. The molecule has 0 atom stereocenters. The zero-order chi connectivity index (χ0) is 21.2. The number of aryl methyl sites for hydroxylation is 1. The van der Waals surface area contributed by atoms with Crippen LogP contribution in [0.1, 0.15) is 31.9 Å². The van der Waals surface area contributed by atoms with Gasteiger partial charge in [0, 0.05) is 10.2 Å². The minimum absolute atomic E-state index is 0.0934. The lowest BCUT2D eigenvalue weighted by Crippen LogP contribution is -2.34. The lowest BCUT2D eigenvalue weighted by Gasteiger charge is -2.14. The molecule has 2 amide bonds. The zero-order valence-electron chi connectivity index (χ0n) is 17.0. The number of halogens is 1. The summed E-state index contributed by atoms with van der Waals surface area (Å²) in [6.07, 6.45) is 0.933. The first kappa shape index (κ1) is 22.7. The third kappa shape index (κ3) is 6.78. The molecule has 6 nitrogen and oxygen atoms in total. The smallest absolute Gasteiger partial charge is 0.243 e. The van der Waals surface area contributed by atoms with Gasteiger partial charge in [0.05, 0.1) is 26.2 Å². The highest BCUT2D eigenvalue weighted by atomic mass is 79.9. The second-order valence-corrected chi connectivity index (χ2v) is 7.12. The van der Waals surface area contributed by atoms with Gasteiger partial charge < -0.3 is 20.1 Å². The molecule has 0 aliphatic heterocycles. The molecule has 0 aliphatic carbocycles. The van der Waals surface area contributed by atoms with Gasteiger partial charge in [0.2, 0.25) is 11.8 Å². The van der Waals surface area contributed by atoms with Crippen molar-refractivity contribution in [2.45, 2.75) is 33.6 Å². The van der Waals surface area contributed by atoms with E-state index in [0.29, 0.717) is 24.7 Å². The second-order valence-electron chi connectivity index (χ2n) is 6.27. The highest BCUT2D eigenvalue weighted by Gasteiger charge is 2.14. The Labute approximate surface area is 180 Å². The number of ether oxygens (including phenoxy) is 2. The molecule has 0 heterocycles. The molecule has 0 bridgehead atoms. The summed E-state index contributed by atoms with van der Waals surface area (Å²) in [5.41, 5.74) is 2.57.